The van der Waals surface area contributed by atoms with Gasteiger partial charge < -0.3 is 23.7 Å². The highest BCUT2D eigenvalue weighted by Gasteiger charge is 2.37. The first-order valence-corrected chi connectivity index (χ1v) is 15.0. The van der Waals surface area contributed by atoms with Crippen LogP contribution in [0.5, 0.6) is 23.0 Å². The third-order valence-corrected chi connectivity index (χ3v) is 7.65. The van der Waals surface area contributed by atoms with Gasteiger partial charge >= 0.3 is 12.0 Å². The van der Waals surface area contributed by atoms with E-state index in [1.165, 1.54) is 44.6 Å². The topological polar surface area (TPSA) is 130 Å². The molecule has 0 bridgehead atoms. The van der Waals surface area contributed by atoms with E-state index in [1.54, 1.807) is 19.2 Å². The number of halogens is 1. The number of esters is 1. The number of carbonyl (C=O) groups excluding carboxylic acids is 4. The minimum absolute atomic E-state index is 0.161. The van der Waals surface area contributed by atoms with E-state index in [-0.39, 0.29) is 23.4 Å². The Morgan fingerprint density at radius 2 is 1.49 bits per heavy atom. The van der Waals surface area contributed by atoms with Crippen LogP contribution in [0.4, 0.5) is 10.5 Å². The molecule has 0 aliphatic carbocycles. The van der Waals surface area contributed by atoms with E-state index in [0.717, 1.165) is 16.0 Å². The molecule has 1 saturated heterocycles. The molecule has 1 heterocycles. The van der Waals surface area contributed by atoms with Gasteiger partial charge in [0, 0.05) is 0 Å². The maximum absolute atomic E-state index is 13.4. The second kappa shape index (κ2) is 14.6. The molecule has 4 aromatic rings. The molecule has 1 aliphatic heterocycles. The highest BCUT2D eigenvalue weighted by molar-refractivity contribution is 9.10. The van der Waals surface area contributed by atoms with Gasteiger partial charge in [-0.25, -0.2) is 14.5 Å². The van der Waals surface area contributed by atoms with E-state index in [4.69, 9.17) is 18.9 Å². The summed E-state index contributed by atoms with van der Waals surface area (Å²) in [6.07, 6.45) is 1.34. The van der Waals surface area contributed by atoms with Crippen LogP contribution in [0.25, 0.3) is 6.08 Å². The van der Waals surface area contributed by atoms with Gasteiger partial charge in [-0.05, 0) is 87.2 Å². The normalized spacial score (nSPS) is 13.7. The number of hydrogen-bond donors (Lipinski definition) is 1. The fourth-order valence-corrected chi connectivity index (χ4v) is 5.27. The number of rotatable bonds is 11. The van der Waals surface area contributed by atoms with E-state index in [1.807, 2.05) is 48.5 Å². The van der Waals surface area contributed by atoms with Crippen molar-refractivity contribution in [3.05, 3.63) is 117 Å². The second-order valence-corrected chi connectivity index (χ2v) is 10.9. The molecule has 4 amide bonds. The Bertz CT molecular complexity index is 1860. The summed E-state index contributed by atoms with van der Waals surface area (Å²) in [6.45, 7) is 0.558. The Balaban J connectivity index is 1.33. The number of benzene rings is 4. The van der Waals surface area contributed by atoms with Crippen LogP contribution in [0.15, 0.2) is 95.0 Å². The number of carbonyl (C=O) groups is 4. The van der Waals surface area contributed by atoms with Crippen molar-refractivity contribution in [1.82, 2.24) is 5.32 Å². The molecule has 11 nitrogen and oxygen atoms in total. The Morgan fingerprint density at radius 3 is 2.17 bits per heavy atom. The molecule has 1 fully saturated rings. The highest BCUT2D eigenvalue weighted by atomic mass is 79.9. The van der Waals surface area contributed by atoms with Gasteiger partial charge in [0.25, 0.3) is 11.8 Å². The van der Waals surface area contributed by atoms with Gasteiger partial charge in [-0.1, -0.05) is 36.4 Å². The number of nitrogens with one attached hydrogen (secondary N) is 1. The Labute approximate surface area is 278 Å². The second-order valence-electron chi connectivity index (χ2n) is 10.1. The zero-order valence-corrected chi connectivity index (χ0v) is 27.2. The number of amides is 4. The highest BCUT2D eigenvalue weighted by Crippen LogP contribution is 2.38. The van der Waals surface area contributed by atoms with Gasteiger partial charge in [-0.3, -0.25) is 14.9 Å². The summed E-state index contributed by atoms with van der Waals surface area (Å²) in [7, 11) is 4.27. The molecule has 47 heavy (non-hydrogen) atoms. The average Bonchev–Trinajstić information content (AvgIpc) is 3.08. The van der Waals surface area contributed by atoms with Crippen LogP contribution < -0.4 is 29.2 Å². The summed E-state index contributed by atoms with van der Waals surface area (Å²) < 4.78 is 28.3. The van der Waals surface area contributed by atoms with Gasteiger partial charge in [0.15, 0.2) is 23.0 Å². The van der Waals surface area contributed by atoms with E-state index >= 15 is 0 Å². The van der Waals surface area contributed by atoms with Crippen LogP contribution in [-0.2, 0) is 27.5 Å². The quantitative estimate of drug-likeness (QED) is 0.112. The molecule has 240 valence electrons. The first-order chi connectivity index (χ1) is 22.7. The zero-order chi connectivity index (χ0) is 33.5. The molecule has 1 N–H and O–H groups in total. The number of urea groups is 1. The molecular weight excluding hydrogens is 672 g/mol. The standard InChI is InChI=1S/C35H29BrN2O9/c1-43-29-17-22(9-14-28(29)46-19-21-7-5-4-6-8-21)20-47-31-27(36)16-23(18-30(31)44-2)15-26-32(39)37-35(42)38(33(26)40)25-12-10-24(11-13-25)34(41)45-3/h4-18H,19-20H2,1-3H3,(H,37,39,42)/b26-15-. The molecule has 0 aromatic heterocycles. The van der Waals surface area contributed by atoms with Crippen LogP contribution in [0, 0.1) is 0 Å². The number of methoxy groups -OCH3 is 3. The molecular formula is C35H29BrN2O9. The summed E-state index contributed by atoms with van der Waals surface area (Å²) >= 11 is 3.51. The van der Waals surface area contributed by atoms with Crippen molar-refractivity contribution in [2.24, 2.45) is 0 Å². The number of barbiturate groups is 1. The van der Waals surface area contributed by atoms with E-state index in [0.29, 0.717) is 39.6 Å². The Morgan fingerprint density at radius 1 is 0.787 bits per heavy atom. The fraction of sp³-hybridized carbons (Fsp3) is 0.143. The van der Waals surface area contributed by atoms with Crippen LogP contribution in [0.2, 0.25) is 0 Å². The first kappa shape index (κ1) is 32.8. The molecule has 0 radical (unpaired) electrons. The SMILES string of the molecule is COC(=O)c1ccc(N2C(=O)NC(=O)/C(=C/c3cc(Br)c(OCc4ccc(OCc5ccccc5)c(OC)c4)c(OC)c3)C2=O)cc1. The number of anilines is 1. The van der Waals surface area contributed by atoms with Crippen molar-refractivity contribution < 1.29 is 42.9 Å². The lowest BCUT2D eigenvalue weighted by atomic mass is 10.1. The lowest BCUT2D eigenvalue weighted by Crippen LogP contribution is -2.54. The zero-order valence-electron chi connectivity index (χ0n) is 25.6. The molecule has 12 heteroatoms. The predicted molar refractivity (Wildman–Crippen MR) is 176 cm³/mol. The molecule has 4 aromatic carbocycles. The van der Waals surface area contributed by atoms with Crippen LogP contribution in [0.3, 0.4) is 0 Å². The molecule has 0 saturated carbocycles. The van der Waals surface area contributed by atoms with Gasteiger partial charge in [-0.2, -0.15) is 0 Å². The monoisotopic (exact) mass is 700 g/mol. The third-order valence-electron chi connectivity index (χ3n) is 7.06. The molecule has 1 aliphatic rings. The summed E-state index contributed by atoms with van der Waals surface area (Å²) in [5, 5.41) is 2.18. The van der Waals surface area contributed by atoms with Gasteiger partial charge in [0.1, 0.15) is 18.8 Å². The van der Waals surface area contributed by atoms with Gasteiger partial charge in [-0.15, -0.1) is 0 Å². The van der Waals surface area contributed by atoms with Crippen LogP contribution in [0.1, 0.15) is 27.0 Å². The maximum Gasteiger partial charge on any atom is 0.337 e. The van der Waals surface area contributed by atoms with E-state index in [2.05, 4.69) is 26.0 Å². The van der Waals surface area contributed by atoms with Crippen LogP contribution in [-0.4, -0.2) is 45.1 Å². The van der Waals surface area contributed by atoms with Crippen molar-refractivity contribution in [2.75, 3.05) is 26.2 Å². The molecule has 0 atom stereocenters. The average molecular weight is 702 g/mol. The third kappa shape index (κ3) is 7.45. The lowest BCUT2D eigenvalue weighted by molar-refractivity contribution is -0.122. The summed E-state index contributed by atoms with van der Waals surface area (Å²) in [5.74, 6) is -0.409. The number of nitrogens with zero attached hydrogens (tertiary/aromatic N) is 1. The maximum atomic E-state index is 13.4. The summed E-state index contributed by atoms with van der Waals surface area (Å²) in [6, 6.07) is 23.3. The van der Waals surface area contributed by atoms with Crippen LogP contribution >= 0.6 is 15.9 Å². The summed E-state index contributed by atoms with van der Waals surface area (Å²) in [5.41, 5.74) is 2.37. The summed E-state index contributed by atoms with van der Waals surface area (Å²) in [4.78, 5) is 51.3. The molecule has 0 spiro atoms. The minimum atomic E-state index is -0.919. The smallest absolute Gasteiger partial charge is 0.337 e. The van der Waals surface area contributed by atoms with Crippen molar-refractivity contribution in [1.29, 1.82) is 0 Å². The number of ether oxygens (including phenoxy) is 5. The number of hydrogen-bond acceptors (Lipinski definition) is 9. The first-order valence-electron chi connectivity index (χ1n) is 14.2. The van der Waals surface area contributed by atoms with Crippen molar-refractivity contribution in [3.63, 3.8) is 0 Å². The number of imide groups is 2. The van der Waals surface area contributed by atoms with E-state index < -0.39 is 23.8 Å². The lowest BCUT2D eigenvalue weighted by Gasteiger charge is -2.26. The van der Waals surface area contributed by atoms with Crippen molar-refractivity contribution >= 4 is 51.5 Å². The van der Waals surface area contributed by atoms with Crippen molar-refractivity contribution in [2.45, 2.75) is 13.2 Å². The Hall–Kier alpha value is -5.62. The minimum Gasteiger partial charge on any atom is -0.493 e. The van der Waals surface area contributed by atoms with E-state index in [9.17, 15) is 19.2 Å². The van der Waals surface area contributed by atoms with Gasteiger partial charge in [0.2, 0.25) is 0 Å². The largest absolute Gasteiger partial charge is 0.493 e. The Kier molecular flexibility index (Phi) is 10.2. The van der Waals surface area contributed by atoms with Gasteiger partial charge in [0.05, 0.1) is 37.1 Å². The fourth-order valence-electron chi connectivity index (χ4n) is 4.70. The molecule has 5 rings (SSSR count). The molecule has 0 unspecified atom stereocenters. The van der Waals surface area contributed by atoms with Crippen molar-refractivity contribution in [3.8, 4) is 23.0 Å². The predicted octanol–water partition coefficient (Wildman–Crippen LogP) is 6.08.